The molecular weight excluding hydrogens is 210 g/mol. The van der Waals surface area contributed by atoms with Crippen molar-refractivity contribution in [3.05, 3.63) is 29.8 Å². The molecule has 2 nitrogen and oxygen atoms in total. The van der Waals surface area contributed by atoms with Gasteiger partial charge in [-0.1, -0.05) is 25.5 Å². The third kappa shape index (κ3) is 2.63. The van der Waals surface area contributed by atoms with Crippen LogP contribution in [0.3, 0.4) is 0 Å². The van der Waals surface area contributed by atoms with Crippen molar-refractivity contribution in [2.24, 2.45) is 0 Å². The third-order valence-corrected chi connectivity index (χ3v) is 4.17. The standard InChI is InChI=1S/C15H23NO/c1-3-15(10-4-5-11-16(2)12-15)13-6-8-14(17)9-7-13/h6-9,17H,3-5,10-12H2,1-2H3. The maximum atomic E-state index is 9.41. The molecule has 0 aliphatic carbocycles. The van der Waals surface area contributed by atoms with E-state index in [0.717, 1.165) is 6.54 Å². The van der Waals surface area contributed by atoms with E-state index in [1.54, 1.807) is 0 Å². The Morgan fingerprint density at radius 3 is 2.59 bits per heavy atom. The largest absolute Gasteiger partial charge is 0.508 e. The van der Waals surface area contributed by atoms with Crippen LogP contribution in [0.4, 0.5) is 0 Å². The maximum Gasteiger partial charge on any atom is 0.115 e. The number of phenols is 1. The summed E-state index contributed by atoms with van der Waals surface area (Å²) in [5.41, 5.74) is 1.66. The molecule has 2 heteroatoms. The lowest BCUT2D eigenvalue weighted by Crippen LogP contribution is -2.37. The topological polar surface area (TPSA) is 23.5 Å². The van der Waals surface area contributed by atoms with E-state index >= 15 is 0 Å². The van der Waals surface area contributed by atoms with Crippen molar-refractivity contribution in [1.82, 2.24) is 4.90 Å². The molecule has 1 N–H and O–H groups in total. The Morgan fingerprint density at radius 1 is 1.24 bits per heavy atom. The zero-order chi connectivity index (χ0) is 12.3. The van der Waals surface area contributed by atoms with Crippen molar-refractivity contribution in [2.45, 2.75) is 38.0 Å². The van der Waals surface area contributed by atoms with E-state index in [1.165, 1.54) is 37.8 Å². The van der Waals surface area contributed by atoms with E-state index in [0.29, 0.717) is 5.75 Å². The van der Waals surface area contributed by atoms with Gasteiger partial charge >= 0.3 is 0 Å². The maximum absolute atomic E-state index is 9.41. The number of hydrogen-bond acceptors (Lipinski definition) is 2. The molecule has 0 spiro atoms. The van der Waals surface area contributed by atoms with Crippen molar-refractivity contribution in [2.75, 3.05) is 20.1 Å². The Bertz CT molecular complexity index is 360. The number of likely N-dealkylation sites (tertiary alicyclic amines) is 1. The summed E-state index contributed by atoms with van der Waals surface area (Å²) >= 11 is 0. The van der Waals surface area contributed by atoms with Crippen LogP contribution in [-0.4, -0.2) is 30.1 Å². The van der Waals surface area contributed by atoms with Gasteiger partial charge in [-0.05, 0) is 50.6 Å². The summed E-state index contributed by atoms with van der Waals surface area (Å²) < 4.78 is 0. The zero-order valence-electron chi connectivity index (χ0n) is 10.9. The van der Waals surface area contributed by atoms with Crippen molar-refractivity contribution in [3.63, 3.8) is 0 Å². The van der Waals surface area contributed by atoms with E-state index in [9.17, 15) is 5.11 Å². The van der Waals surface area contributed by atoms with Crippen molar-refractivity contribution in [1.29, 1.82) is 0 Å². The molecule has 2 rings (SSSR count). The Balaban J connectivity index is 2.31. The van der Waals surface area contributed by atoms with Crippen LogP contribution in [0.1, 0.15) is 38.2 Å². The van der Waals surface area contributed by atoms with E-state index in [4.69, 9.17) is 0 Å². The molecule has 0 saturated carbocycles. The van der Waals surface area contributed by atoms with Crippen molar-refractivity contribution in [3.8, 4) is 5.75 Å². The van der Waals surface area contributed by atoms with Gasteiger partial charge in [-0.25, -0.2) is 0 Å². The van der Waals surface area contributed by atoms with Crippen LogP contribution in [0, 0.1) is 0 Å². The van der Waals surface area contributed by atoms with Crippen LogP contribution in [0.2, 0.25) is 0 Å². The van der Waals surface area contributed by atoms with Gasteiger partial charge in [0.05, 0.1) is 0 Å². The first-order valence-electron chi connectivity index (χ1n) is 6.64. The fourth-order valence-electron chi connectivity index (χ4n) is 3.06. The van der Waals surface area contributed by atoms with Crippen LogP contribution in [-0.2, 0) is 5.41 Å². The highest BCUT2D eigenvalue weighted by Gasteiger charge is 2.32. The SMILES string of the molecule is CCC1(c2ccc(O)cc2)CCCCN(C)C1. The van der Waals surface area contributed by atoms with Gasteiger partial charge in [-0.3, -0.25) is 0 Å². The summed E-state index contributed by atoms with van der Waals surface area (Å²) in [6, 6.07) is 7.82. The highest BCUT2D eigenvalue weighted by atomic mass is 16.3. The molecule has 1 saturated heterocycles. The average Bonchev–Trinajstić information content (AvgIpc) is 2.52. The summed E-state index contributed by atoms with van der Waals surface area (Å²) in [6.45, 7) is 4.63. The molecule has 1 aliphatic rings. The monoisotopic (exact) mass is 233 g/mol. The molecule has 1 unspecified atom stereocenters. The van der Waals surface area contributed by atoms with E-state index in [2.05, 4.69) is 31.0 Å². The Labute approximate surface area is 104 Å². The molecular formula is C15H23NO. The van der Waals surface area contributed by atoms with Crippen molar-refractivity contribution < 1.29 is 5.11 Å². The van der Waals surface area contributed by atoms with E-state index in [1.807, 2.05) is 12.1 Å². The number of aromatic hydroxyl groups is 1. The summed E-state index contributed by atoms with van der Waals surface area (Å²) in [4.78, 5) is 2.45. The number of benzene rings is 1. The summed E-state index contributed by atoms with van der Waals surface area (Å²) in [6.07, 6.45) is 5.04. The van der Waals surface area contributed by atoms with Crippen LogP contribution >= 0.6 is 0 Å². The van der Waals surface area contributed by atoms with Gasteiger partial charge in [0, 0.05) is 12.0 Å². The lowest BCUT2D eigenvalue weighted by atomic mass is 9.74. The molecule has 1 heterocycles. The third-order valence-electron chi connectivity index (χ3n) is 4.17. The fraction of sp³-hybridized carbons (Fsp3) is 0.600. The van der Waals surface area contributed by atoms with Gasteiger partial charge in [0.15, 0.2) is 0 Å². The number of hydrogen-bond donors (Lipinski definition) is 1. The molecule has 17 heavy (non-hydrogen) atoms. The summed E-state index contributed by atoms with van der Waals surface area (Å²) in [5, 5.41) is 9.41. The predicted molar refractivity (Wildman–Crippen MR) is 71.4 cm³/mol. The normalized spacial score (nSPS) is 26.7. The molecule has 1 aromatic carbocycles. The quantitative estimate of drug-likeness (QED) is 0.848. The molecule has 1 aliphatic heterocycles. The van der Waals surface area contributed by atoms with Gasteiger partial charge in [-0.15, -0.1) is 0 Å². The fourth-order valence-corrected chi connectivity index (χ4v) is 3.06. The van der Waals surface area contributed by atoms with E-state index < -0.39 is 0 Å². The lowest BCUT2D eigenvalue weighted by Gasteiger charge is -2.35. The summed E-state index contributed by atoms with van der Waals surface area (Å²) in [7, 11) is 2.22. The summed E-state index contributed by atoms with van der Waals surface area (Å²) in [5.74, 6) is 0.363. The van der Waals surface area contributed by atoms with Gasteiger partial charge in [0.2, 0.25) is 0 Å². The van der Waals surface area contributed by atoms with Gasteiger partial charge in [0.25, 0.3) is 0 Å². The predicted octanol–water partition coefficient (Wildman–Crippen LogP) is 3.16. The molecule has 0 amide bonds. The number of phenolic OH excluding ortho intramolecular Hbond substituents is 1. The average molecular weight is 233 g/mol. The van der Waals surface area contributed by atoms with Gasteiger partial charge < -0.3 is 10.0 Å². The minimum atomic E-state index is 0.277. The first-order chi connectivity index (χ1) is 8.16. The van der Waals surface area contributed by atoms with Gasteiger partial charge in [-0.2, -0.15) is 0 Å². The van der Waals surface area contributed by atoms with Crippen LogP contribution in [0.15, 0.2) is 24.3 Å². The van der Waals surface area contributed by atoms with Crippen LogP contribution in [0.25, 0.3) is 0 Å². The second-order valence-electron chi connectivity index (χ2n) is 5.38. The molecule has 0 bridgehead atoms. The number of likely N-dealkylation sites (N-methyl/N-ethyl adjacent to an activating group) is 1. The Morgan fingerprint density at radius 2 is 1.94 bits per heavy atom. The molecule has 1 atom stereocenters. The molecule has 0 aromatic heterocycles. The van der Waals surface area contributed by atoms with Crippen LogP contribution in [0.5, 0.6) is 5.75 Å². The number of nitrogens with zero attached hydrogens (tertiary/aromatic N) is 1. The molecule has 1 fully saturated rings. The Hall–Kier alpha value is -1.02. The lowest BCUT2D eigenvalue weighted by molar-refractivity contribution is 0.256. The first-order valence-corrected chi connectivity index (χ1v) is 6.64. The smallest absolute Gasteiger partial charge is 0.115 e. The highest BCUT2D eigenvalue weighted by molar-refractivity contribution is 5.32. The minimum absolute atomic E-state index is 0.277. The van der Waals surface area contributed by atoms with E-state index in [-0.39, 0.29) is 5.41 Å². The van der Waals surface area contributed by atoms with Crippen LogP contribution < -0.4 is 0 Å². The van der Waals surface area contributed by atoms with Gasteiger partial charge in [0.1, 0.15) is 5.75 Å². The minimum Gasteiger partial charge on any atom is -0.508 e. The zero-order valence-corrected chi connectivity index (χ0v) is 10.9. The highest BCUT2D eigenvalue weighted by Crippen LogP contribution is 2.36. The number of rotatable bonds is 2. The second-order valence-corrected chi connectivity index (χ2v) is 5.38. The van der Waals surface area contributed by atoms with Crippen molar-refractivity contribution >= 4 is 0 Å². The molecule has 94 valence electrons. The molecule has 0 radical (unpaired) electrons. The molecule has 1 aromatic rings. The second kappa shape index (κ2) is 5.09. The Kier molecular flexibility index (Phi) is 3.72. The first kappa shape index (κ1) is 12.4.